The largest absolute Gasteiger partial charge is 0.256 e. The molecule has 0 atom stereocenters. The Morgan fingerprint density at radius 1 is 0.459 bits per heavy atom. The summed E-state index contributed by atoms with van der Waals surface area (Å²) in [5, 5.41) is 0. The van der Waals surface area contributed by atoms with E-state index in [1.807, 2.05) is 0 Å². The second-order valence-corrected chi connectivity index (χ2v) is 12.0. The second-order valence-electron chi connectivity index (χ2n) is 12.0. The van der Waals surface area contributed by atoms with Gasteiger partial charge in [0.1, 0.15) is 12.4 Å². The van der Waals surface area contributed by atoms with Crippen molar-refractivity contribution in [1.82, 2.24) is 4.57 Å². The van der Waals surface area contributed by atoms with E-state index in [1.165, 1.54) is 186 Å². The lowest BCUT2D eigenvalue weighted by atomic mass is 10.0. The first-order valence-electron chi connectivity index (χ1n) is 17.4. The Hall–Kier alpha value is -0.790. The summed E-state index contributed by atoms with van der Waals surface area (Å²) in [4.78, 5) is 0. The first-order valence-corrected chi connectivity index (χ1v) is 17.4. The van der Waals surface area contributed by atoms with Crippen LogP contribution in [-0.4, -0.2) is 4.57 Å². The molecule has 0 unspecified atom stereocenters. The predicted octanol–water partition coefficient (Wildman–Crippen LogP) is 11.5. The van der Waals surface area contributed by atoms with E-state index in [4.69, 9.17) is 0 Å². The summed E-state index contributed by atoms with van der Waals surface area (Å²) in [6.45, 7) is 9.39. The van der Waals surface area contributed by atoms with Crippen molar-refractivity contribution in [2.24, 2.45) is 0 Å². The highest BCUT2D eigenvalue weighted by atomic mass is 15.1. The van der Waals surface area contributed by atoms with Crippen LogP contribution in [0.2, 0.25) is 0 Å². The average molecular weight is 518 g/mol. The van der Waals surface area contributed by atoms with E-state index in [0.29, 0.717) is 0 Å². The van der Waals surface area contributed by atoms with Gasteiger partial charge in [0.05, 0.1) is 13.1 Å². The molecule has 37 heavy (non-hydrogen) atoms. The van der Waals surface area contributed by atoms with E-state index in [9.17, 15) is 0 Å². The standard InChI is InChI=1S/C35H69N2/c1-4-7-10-12-14-16-18-19-21-23-25-27-29-32-37-34-33-36(35(37)30-9-6-3)31-28-26-24-22-20-17-15-13-11-8-5-2/h33-34H,4-32H2,1-3H3/q+1. The van der Waals surface area contributed by atoms with Crippen molar-refractivity contribution < 1.29 is 4.57 Å². The van der Waals surface area contributed by atoms with E-state index < -0.39 is 0 Å². The van der Waals surface area contributed by atoms with E-state index in [1.54, 1.807) is 5.82 Å². The van der Waals surface area contributed by atoms with E-state index >= 15 is 0 Å². The lowest BCUT2D eigenvalue weighted by Crippen LogP contribution is -2.37. The van der Waals surface area contributed by atoms with Gasteiger partial charge in [0, 0.05) is 6.42 Å². The van der Waals surface area contributed by atoms with Crippen LogP contribution >= 0.6 is 0 Å². The molecule has 0 aliphatic rings. The van der Waals surface area contributed by atoms with Crippen LogP contribution < -0.4 is 4.57 Å². The molecule has 0 aliphatic heterocycles. The van der Waals surface area contributed by atoms with Gasteiger partial charge < -0.3 is 0 Å². The minimum absolute atomic E-state index is 1.22. The molecule has 0 spiro atoms. The molecule has 0 amide bonds. The van der Waals surface area contributed by atoms with E-state index in [-0.39, 0.29) is 0 Å². The fourth-order valence-corrected chi connectivity index (χ4v) is 5.77. The molecule has 0 radical (unpaired) electrons. The van der Waals surface area contributed by atoms with Crippen LogP contribution in [0.1, 0.15) is 194 Å². The highest BCUT2D eigenvalue weighted by Crippen LogP contribution is 2.14. The maximum absolute atomic E-state index is 2.59. The van der Waals surface area contributed by atoms with Gasteiger partial charge in [-0.05, 0) is 32.1 Å². The van der Waals surface area contributed by atoms with Crippen LogP contribution in [0.25, 0.3) is 0 Å². The zero-order valence-electron chi connectivity index (χ0n) is 26.1. The monoisotopic (exact) mass is 518 g/mol. The summed E-state index contributed by atoms with van der Waals surface area (Å²) in [7, 11) is 0. The fourth-order valence-electron chi connectivity index (χ4n) is 5.77. The van der Waals surface area contributed by atoms with Crippen LogP contribution in [0, 0.1) is 0 Å². The van der Waals surface area contributed by atoms with Gasteiger partial charge >= 0.3 is 0 Å². The predicted molar refractivity (Wildman–Crippen MR) is 165 cm³/mol. The smallest absolute Gasteiger partial charge is 0.234 e. The molecule has 0 saturated carbocycles. The van der Waals surface area contributed by atoms with Crippen molar-refractivity contribution in [2.75, 3.05) is 0 Å². The third-order valence-corrected chi connectivity index (χ3v) is 8.35. The summed E-state index contributed by atoms with van der Waals surface area (Å²) < 4.78 is 5.18. The van der Waals surface area contributed by atoms with Gasteiger partial charge in [-0.3, -0.25) is 0 Å². The molecule has 0 fully saturated rings. The summed E-state index contributed by atoms with van der Waals surface area (Å²) in [5.41, 5.74) is 0. The molecule has 0 bridgehead atoms. The van der Waals surface area contributed by atoms with Crippen molar-refractivity contribution in [1.29, 1.82) is 0 Å². The van der Waals surface area contributed by atoms with Gasteiger partial charge in [-0.2, -0.15) is 0 Å². The topological polar surface area (TPSA) is 8.81 Å². The summed E-state index contributed by atoms with van der Waals surface area (Å²) >= 11 is 0. The summed E-state index contributed by atoms with van der Waals surface area (Å²) in [5.74, 6) is 1.59. The quantitative estimate of drug-likeness (QED) is 0.0737. The minimum Gasteiger partial charge on any atom is -0.234 e. The molecule has 1 aromatic rings. The van der Waals surface area contributed by atoms with Crippen LogP contribution in [0.3, 0.4) is 0 Å². The molecular weight excluding hydrogens is 448 g/mol. The minimum atomic E-state index is 1.22. The van der Waals surface area contributed by atoms with Gasteiger partial charge in [-0.1, -0.05) is 156 Å². The highest BCUT2D eigenvalue weighted by molar-refractivity contribution is 4.84. The SMILES string of the molecule is CCCCCCCCCCCCCCCn1cc[n+](CCCCCCCCCCCCC)c1CCCC. The van der Waals surface area contributed by atoms with Crippen molar-refractivity contribution in [3.05, 3.63) is 18.2 Å². The Morgan fingerprint density at radius 3 is 1.27 bits per heavy atom. The normalized spacial score (nSPS) is 11.5. The average Bonchev–Trinajstić information content (AvgIpc) is 3.29. The maximum atomic E-state index is 2.59. The molecule has 1 heterocycles. The van der Waals surface area contributed by atoms with Gasteiger partial charge in [-0.25, -0.2) is 9.13 Å². The molecule has 1 aromatic heterocycles. The van der Waals surface area contributed by atoms with Crippen molar-refractivity contribution in [3.63, 3.8) is 0 Å². The molecule has 2 heteroatoms. The number of rotatable bonds is 29. The Morgan fingerprint density at radius 2 is 0.838 bits per heavy atom. The Bertz CT molecular complexity index is 576. The van der Waals surface area contributed by atoms with Crippen molar-refractivity contribution >= 4 is 0 Å². The molecule has 1 rings (SSSR count). The first kappa shape index (κ1) is 34.2. The lowest BCUT2D eigenvalue weighted by Gasteiger charge is -2.06. The molecule has 218 valence electrons. The van der Waals surface area contributed by atoms with Crippen molar-refractivity contribution in [3.8, 4) is 0 Å². The van der Waals surface area contributed by atoms with Gasteiger partial charge in [-0.15, -0.1) is 0 Å². The number of aryl methyl sites for hydroxylation is 2. The zero-order valence-corrected chi connectivity index (χ0v) is 26.1. The number of hydrogen-bond acceptors (Lipinski definition) is 0. The number of imidazole rings is 1. The molecule has 0 aliphatic carbocycles. The van der Waals surface area contributed by atoms with E-state index in [0.717, 1.165) is 0 Å². The number of unbranched alkanes of at least 4 members (excludes halogenated alkanes) is 23. The maximum Gasteiger partial charge on any atom is 0.256 e. The lowest BCUT2D eigenvalue weighted by molar-refractivity contribution is -0.704. The molecule has 0 saturated heterocycles. The Labute approximate surface area is 234 Å². The zero-order chi connectivity index (χ0) is 26.7. The van der Waals surface area contributed by atoms with Gasteiger partial charge in [0.25, 0.3) is 5.82 Å². The molecule has 0 aromatic carbocycles. The van der Waals surface area contributed by atoms with Crippen LogP contribution in [-0.2, 0) is 19.5 Å². The first-order chi connectivity index (χ1) is 18.3. The fraction of sp³-hybridized carbons (Fsp3) is 0.914. The summed E-state index contributed by atoms with van der Waals surface area (Å²) in [6, 6.07) is 0. The van der Waals surface area contributed by atoms with Gasteiger partial charge in [0.2, 0.25) is 0 Å². The van der Waals surface area contributed by atoms with Crippen molar-refractivity contribution in [2.45, 2.75) is 207 Å². The Balaban J connectivity index is 2.11. The number of nitrogens with zero attached hydrogens (tertiary/aromatic N) is 2. The third kappa shape index (κ3) is 19.9. The number of hydrogen-bond donors (Lipinski definition) is 0. The molecular formula is C35H69N2+. The van der Waals surface area contributed by atoms with E-state index in [2.05, 4.69) is 42.3 Å². The second kappa shape index (κ2) is 26.8. The molecule has 0 N–H and O–H groups in total. The Kier molecular flexibility index (Phi) is 24.8. The van der Waals surface area contributed by atoms with Crippen LogP contribution in [0.4, 0.5) is 0 Å². The third-order valence-electron chi connectivity index (χ3n) is 8.35. The summed E-state index contributed by atoms with van der Waals surface area (Å²) in [6.07, 6.45) is 43.0. The highest BCUT2D eigenvalue weighted by Gasteiger charge is 2.16. The van der Waals surface area contributed by atoms with Gasteiger partial charge in [0.15, 0.2) is 0 Å². The van der Waals surface area contributed by atoms with Crippen LogP contribution in [0.5, 0.6) is 0 Å². The van der Waals surface area contributed by atoms with Crippen LogP contribution in [0.15, 0.2) is 12.4 Å². The molecule has 2 nitrogen and oxygen atoms in total. The number of aromatic nitrogens is 2.